The van der Waals surface area contributed by atoms with Crippen molar-refractivity contribution < 1.29 is 0 Å². The maximum Gasteiger partial charge on any atom is 0.0872 e. The summed E-state index contributed by atoms with van der Waals surface area (Å²) in [4.78, 5) is 0. The van der Waals surface area contributed by atoms with E-state index in [2.05, 4.69) is 25.6 Å². The number of unbranched alkanes of at least 4 members (excludes halogenated alkanes) is 1. The summed E-state index contributed by atoms with van der Waals surface area (Å²) in [5, 5.41) is 9.36. The van der Waals surface area contributed by atoms with Gasteiger partial charge in [-0.2, -0.15) is 5.26 Å². The summed E-state index contributed by atoms with van der Waals surface area (Å²) in [5.41, 5.74) is -0.469. The molecule has 0 spiro atoms. The van der Waals surface area contributed by atoms with Crippen molar-refractivity contribution in [2.75, 3.05) is 0 Å². The molecule has 0 aromatic heterocycles. The van der Waals surface area contributed by atoms with Gasteiger partial charge in [-0.05, 0) is 6.42 Å². The summed E-state index contributed by atoms with van der Waals surface area (Å²) in [7, 11) is 0. The minimum absolute atomic E-state index is 0.0302. The Kier molecular flexibility index (Phi) is 4.56. The number of nitrogens with zero attached hydrogens (tertiary/aromatic N) is 1. The quantitative estimate of drug-likeness (QED) is 0.595. The van der Waals surface area contributed by atoms with Crippen molar-refractivity contribution in [2.45, 2.75) is 26.2 Å². The molecule has 3 heteroatoms. The lowest BCUT2D eigenvalue weighted by atomic mass is 9.71. The predicted molar refractivity (Wildman–Crippen MR) is 70.9 cm³/mol. The van der Waals surface area contributed by atoms with E-state index in [9.17, 15) is 5.26 Å². The van der Waals surface area contributed by atoms with Crippen LogP contribution in [0.15, 0.2) is 24.3 Å². The van der Waals surface area contributed by atoms with E-state index in [0.717, 1.165) is 19.3 Å². The summed E-state index contributed by atoms with van der Waals surface area (Å²) >= 11 is 9.33. The van der Waals surface area contributed by atoms with Crippen molar-refractivity contribution >= 4 is 29.0 Å². The normalized spacial score (nSPS) is 28.7. The average molecular weight is 237 g/mol. The average Bonchev–Trinajstić information content (AvgIpc) is 2.26. The fraction of sp³-hybridized carbons (Fsp3) is 0.500. The molecule has 0 saturated heterocycles. The number of thiol groups is 1. The lowest BCUT2D eigenvalue weighted by molar-refractivity contribution is 0.398. The van der Waals surface area contributed by atoms with Crippen molar-refractivity contribution in [1.29, 1.82) is 5.26 Å². The van der Waals surface area contributed by atoms with Crippen LogP contribution in [-0.2, 0) is 0 Å². The highest BCUT2D eigenvalue weighted by Gasteiger charge is 2.37. The van der Waals surface area contributed by atoms with Gasteiger partial charge in [0.15, 0.2) is 0 Å². The highest BCUT2D eigenvalue weighted by molar-refractivity contribution is 8.11. The standard InChI is InChI=1S/C12H15NS2/c1-2-3-7-12(9-13)8-5-4-6-10(12)11(14)15/h4-6,8,10H,2-3,7H2,1H3,(H,14,15). The third-order valence-corrected chi connectivity index (χ3v) is 3.31. The van der Waals surface area contributed by atoms with Gasteiger partial charge in [0.25, 0.3) is 0 Å². The van der Waals surface area contributed by atoms with Crippen LogP contribution in [-0.4, -0.2) is 4.20 Å². The van der Waals surface area contributed by atoms with E-state index in [-0.39, 0.29) is 5.92 Å². The van der Waals surface area contributed by atoms with Crippen molar-refractivity contribution in [3.63, 3.8) is 0 Å². The minimum atomic E-state index is -0.469. The lowest BCUT2D eigenvalue weighted by Crippen LogP contribution is -2.30. The molecular formula is C12H15NS2. The molecule has 80 valence electrons. The van der Waals surface area contributed by atoms with Crippen molar-refractivity contribution in [1.82, 2.24) is 0 Å². The number of allylic oxidation sites excluding steroid dienone is 4. The van der Waals surface area contributed by atoms with Crippen LogP contribution in [0.4, 0.5) is 0 Å². The maximum absolute atomic E-state index is 9.36. The molecule has 0 aliphatic heterocycles. The zero-order valence-electron chi connectivity index (χ0n) is 8.81. The van der Waals surface area contributed by atoms with Gasteiger partial charge in [-0.1, -0.05) is 56.3 Å². The van der Waals surface area contributed by atoms with Gasteiger partial charge in [-0.25, -0.2) is 0 Å². The second-order valence-electron chi connectivity index (χ2n) is 3.82. The second kappa shape index (κ2) is 5.48. The van der Waals surface area contributed by atoms with Crippen LogP contribution in [0.1, 0.15) is 26.2 Å². The van der Waals surface area contributed by atoms with Crippen molar-refractivity contribution in [3.05, 3.63) is 24.3 Å². The first-order chi connectivity index (χ1) is 7.16. The molecule has 2 unspecified atom stereocenters. The number of hydrogen-bond donors (Lipinski definition) is 1. The van der Waals surface area contributed by atoms with Crippen LogP contribution >= 0.6 is 24.8 Å². The highest BCUT2D eigenvalue weighted by atomic mass is 32.1. The first-order valence-electron chi connectivity index (χ1n) is 5.16. The maximum atomic E-state index is 9.36. The molecule has 0 saturated carbocycles. The van der Waals surface area contributed by atoms with Crippen LogP contribution in [0.2, 0.25) is 0 Å². The third-order valence-electron chi connectivity index (χ3n) is 2.78. The molecule has 0 N–H and O–H groups in total. The molecule has 0 amide bonds. The monoisotopic (exact) mass is 237 g/mol. The van der Waals surface area contributed by atoms with E-state index in [1.54, 1.807) is 0 Å². The summed E-state index contributed by atoms with van der Waals surface area (Å²) in [6.45, 7) is 2.13. The summed E-state index contributed by atoms with van der Waals surface area (Å²) in [6.07, 6.45) is 10.8. The Bertz CT molecular complexity index is 338. The molecule has 0 radical (unpaired) electrons. The Morgan fingerprint density at radius 3 is 2.87 bits per heavy atom. The van der Waals surface area contributed by atoms with Crippen LogP contribution in [0, 0.1) is 22.7 Å². The van der Waals surface area contributed by atoms with Gasteiger partial charge < -0.3 is 0 Å². The molecular weight excluding hydrogens is 222 g/mol. The minimum Gasteiger partial charge on any atom is -0.197 e. The van der Waals surface area contributed by atoms with Gasteiger partial charge in [0, 0.05) is 5.92 Å². The Morgan fingerprint density at radius 2 is 2.33 bits per heavy atom. The Morgan fingerprint density at radius 1 is 1.60 bits per heavy atom. The number of hydrogen-bond acceptors (Lipinski definition) is 2. The predicted octanol–water partition coefficient (Wildman–Crippen LogP) is 3.69. The zero-order valence-corrected chi connectivity index (χ0v) is 10.5. The molecule has 15 heavy (non-hydrogen) atoms. The third kappa shape index (κ3) is 2.70. The first-order valence-corrected chi connectivity index (χ1v) is 6.02. The highest BCUT2D eigenvalue weighted by Crippen LogP contribution is 2.39. The molecule has 0 bridgehead atoms. The van der Waals surface area contributed by atoms with Crippen molar-refractivity contribution in [3.8, 4) is 6.07 Å². The van der Waals surface area contributed by atoms with Crippen molar-refractivity contribution in [2.24, 2.45) is 11.3 Å². The van der Waals surface area contributed by atoms with Crippen LogP contribution in [0.3, 0.4) is 0 Å². The molecule has 1 nitrogen and oxygen atoms in total. The molecule has 0 fully saturated rings. The second-order valence-corrected chi connectivity index (χ2v) is 5.04. The van der Waals surface area contributed by atoms with E-state index in [1.807, 2.05) is 24.3 Å². The molecule has 1 aliphatic rings. The Labute approximate surface area is 102 Å². The van der Waals surface area contributed by atoms with Gasteiger partial charge in [-0.15, -0.1) is 12.6 Å². The largest absolute Gasteiger partial charge is 0.197 e. The topological polar surface area (TPSA) is 23.8 Å². The first kappa shape index (κ1) is 12.5. The lowest BCUT2D eigenvalue weighted by Gasteiger charge is -2.31. The summed E-state index contributed by atoms with van der Waals surface area (Å²) in [5.74, 6) is -0.0302. The number of nitriles is 1. The van der Waals surface area contributed by atoms with Gasteiger partial charge in [0.05, 0.1) is 15.7 Å². The van der Waals surface area contributed by atoms with Gasteiger partial charge in [0.1, 0.15) is 0 Å². The molecule has 1 aliphatic carbocycles. The van der Waals surface area contributed by atoms with Crippen LogP contribution in [0.5, 0.6) is 0 Å². The molecule has 1 rings (SSSR count). The molecule has 2 atom stereocenters. The van der Waals surface area contributed by atoms with Gasteiger partial charge in [-0.3, -0.25) is 0 Å². The number of rotatable bonds is 4. The summed E-state index contributed by atoms with van der Waals surface area (Å²) < 4.78 is 0.605. The van der Waals surface area contributed by atoms with E-state index in [1.165, 1.54) is 0 Å². The zero-order chi connectivity index (χ0) is 11.3. The fourth-order valence-electron chi connectivity index (χ4n) is 1.85. The van der Waals surface area contributed by atoms with E-state index < -0.39 is 5.41 Å². The summed E-state index contributed by atoms with van der Waals surface area (Å²) in [6, 6.07) is 2.41. The Hall–Kier alpha value is -0.590. The smallest absolute Gasteiger partial charge is 0.0872 e. The SMILES string of the molecule is CCCCC1(C#N)C=CC=CC1C(=S)S. The van der Waals surface area contributed by atoms with Crippen LogP contribution in [0.25, 0.3) is 0 Å². The Balaban J connectivity index is 2.94. The molecule has 0 aromatic rings. The van der Waals surface area contributed by atoms with Gasteiger partial charge >= 0.3 is 0 Å². The van der Waals surface area contributed by atoms with Gasteiger partial charge in [0.2, 0.25) is 0 Å². The van der Waals surface area contributed by atoms with E-state index in [0.29, 0.717) is 4.20 Å². The fourth-order valence-corrected chi connectivity index (χ4v) is 2.46. The van der Waals surface area contributed by atoms with E-state index >= 15 is 0 Å². The van der Waals surface area contributed by atoms with E-state index in [4.69, 9.17) is 12.2 Å². The molecule has 0 heterocycles. The van der Waals surface area contributed by atoms with Crippen LogP contribution < -0.4 is 0 Å². The number of thiocarbonyl (C=S) groups is 1. The molecule has 0 aromatic carbocycles.